The average molecular weight is 1660 g/mol. The Labute approximate surface area is 724 Å². The first kappa shape index (κ1) is 90.8. The van der Waals surface area contributed by atoms with Gasteiger partial charge in [0.2, 0.25) is 17.1 Å². The molecule has 660 valence electrons. The molecular formula is C102H149N5O13. The second kappa shape index (κ2) is 31.6. The third kappa shape index (κ3) is 14.5. The third-order valence-electron chi connectivity index (χ3n) is 37.3. The van der Waals surface area contributed by atoms with E-state index in [2.05, 4.69) is 124 Å². The van der Waals surface area contributed by atoms with Gasteiger partial charge in [-0.3, -0.25) is 24.0 Å². The quantitative estimate of drug-likeness (QED) is 0.116. The number of nitrogens with zero attached hydrogens (tertiary/aromatic N) is 3. The van der Waals surface area contributed by atoms with Gasteiger partial charge in [0.25, 0.3) is 0 Å². The smallest absolute Gasteiger partial charge is 0.408 e. The van der Waals surface area contributed by atoms with Crippen molar-refractivity contribution in [3.63, 3.8) is 0 Å². The van der Waals surface area contributed by atoms with Crippen LogP contribution >= 0.6 is 0 Å². The molecule has 0 unspecified atom stereocenters. The van der Waals surface area contributed by atoms with E-state index in [9.17, 15) is 48.3 Å². The van der Waals surface area contributed by atoms with E-state index < -0.39 is 33.9 Å². The number of fused-ring (bicyclic) bond motifs is 21. The number of ketones is 6. The standard InChI is InChI=1S/C37H52N2O6.C32H44N2O4.C30H41NO3.3CH4/c1-22-23-11-12-35(8)27(34(23,7)19-25(38-10)30(22)42)17-26(40)29-24-18-33(5,6)13-15-37(24,16-14-36(29,35)9)21-44-28(41)20-39-31(43)45-32(2,3)4;1-19-20-8-9-30(5)24(29(20,4)16-22(34-7)27(19)37)14-23(35)26-21-15-28(2,3)10-12-32(21,13-11-31(26,30)6)18-38-25(36)17-33;1-18-19-8-9-28(5)23(27(19,4)16-21(31-7)25(18)34)14-22(33)24-20-15-26(2,3)10-12-30(20,17-32)13-11-29(24,28)6;;;/h17,19,22-24,29H,11-16,18,20-21H2,1-9H3,(H,39,43);14,16,19-21,26H,8-13,15,17-18,33H2,1-6H3;14,16,18-20,24,32H,8-13,15,17H2,1-6H3;3*1H4/t22-,23-,24-,29-,34-,35+,36+,37+;19-,20-,21-,26-,29-,30+,31+,32+;18-,19-,20-,24-,27-,28+,29+,30+;;;/m000.../s1/i;;;3*1T. The van der Waals surface area contributed by atoms with Crippen molar-refractivity contribution >= 4 is 52.7 Å². The number of aliphatic hydroxyl groups excluding tert-OH is 1. The van der Waals surface area contributed by atoms with Gasteiger partial charge >= 0.3 is 18.0 Å². The number of rotatable bonds is 8. The Balaban J connectivity index is 0.000000189. The first-order valence-corrected chi connectivity index (χ1v) is 44.5. The summed E-state index contributed by atoms with van der Waals surface area (Å²) in [6.07, 6.45) is 30.6. The summed E-state index contributed by atoms with van der Waals surface area (Å²) in [5, 5.41) is 13.1. The molecule has 4 N–H and O–H groups in total. The molecule has 18 heteroatoms. The summed E-state index contributed by atoms with van der Waals surface area (Å²) in [6, 6.07) is 0. The summed E-state index contributed by atoms with van der Waals surface area (Å²) in [7, 11) is 3.75. The molecule has 120 heavy (non-hydrogen) atoms. The molecule has 0 aromatic rings. The van der Waals surface area contributed by atoms with E-state index in [0.717, 1.165) is 152 Å². The van der Waals surface area contributed by atoms with Crippen molar-refractivity contribution in [1.82, 2.24) is 5.32 Å². The molecule has 1 amide bonds. The molecule has 24 atom stereocenters. The van der Waals surface area contributed by atoms with Crippen LogP contribution in [0, 0.1) is 172 Å². The van der Waals surface area contributed by atoms with Gasteiger partial charge in [0.05, 0.1) is 39.5 Å². The summed E-state index contributed by atoms with van der Waals surface area (Å²) in [5.41, 5.74) is 5.77. The molecule has 15 aliphatic rings. The van der Waals surface area contributed by atoms with Crippen LogP contribution in [-0.4, -0.2) is 96.3 Å². The lowest BCUT2D eigenvalue weighted by molar-refractivity contribution is -0.184. The molecule has 0 heterocycles. The van der Waals surface area contributed by atoms with Gasteiger partial charge in [-0.2, -0.15) is 0 Å². The fraction of sp³-hybridized carbons (Fsp3) is 0.765. The molecule has 0 aliphatic heterocycles. The number of esters is 2. The summed E-state index contributed by atoms with van der Waals surface area (Å²) in [6.45, 7) is 68.9. The number of nitrogens with one attached hydrogen (secondary N) is 1. The van der Waals surface area contributed by atoms with Crippen molar-refractivity contribution in [2.45, 2.75) is 308 Å². The van der Waals surface area contributed by atoms with Crippen LogP contribution in [0.4, 0.5) is 4.79 Å². The molecular weight excluding hydrogens is 1500 g/mol. The van der Waals surface area contributed by atoms with Crippen molar-refractivity contribution in [2.75, 3.05) is 32.9 Å². The second-order valence-electron chi connectivity index (χ2n) is 45.8. The topological polar surface area (TPSA) is 253 Å². The summed E-state index contributed by atoms with van der Waals surface area (Å²) < 4.78 is 34.1. The number of amides is 1. The fourth-order valence-corrected chi connectivity index (χ4v) is 29.8. The largest absolute Gasteiger partial charge is 0.464 e. The van der Waals surface area contributed by atoms with Gasteiger partial charge < -0.3 is 44.8 Å². The predicted molar refractivity (Wildman–Crippen MR) is 468 cm³/mol. The highest BCUT2D eigenvalue weighted by Gasteiger charge is 2.74. The molecule has 0 aromatic carbocycles. The zero-order valence-corrected chi connectivity index (χ0v) is 77.5. The molecule has 0 radical (unpaired) electrons. The molecule has 18 nitrogen and oxygen atoms in total. The predicted octanol–water partition coefficient (Wildman–Crippen LogP) is 21.0. The van der Waals surface area contributed by atoms with Crippen molar-refractivity contribution in [1.29, 1.82) is 0 Å². The Morgan fingerprint density at radius 3 is 1.03 bits per heavy atom. The summed E-state index contributed by atoms with van der Waals surface area (Å²) >= 11 is 0. The van der Waals surface area contributed by atoms with Gasteiger partial charge in [-0.1, -0.05) is 182 Å². The Hall–Kier alpha value is -6.94. The molecule has 0 spiro atoms. The Kier molecular flexibility index (Phi) is 23.9. The maximum absolute atomic E-state index is 14.6. The monoisotopic (exact) mass is 1660 g/mol. The normalized spacial score (nSPS) is 43.6. The summed E-state index contributed by atoms with van der Waals surface area (Å²) in [4.78, 5) is 130. The number of ether oxygens (including phenoxy) is 3. The van der Waals surface area contributed by atoms with E-state index in [4.69, 9.17) is 43.8 Å². The SMILES string of the molecule is [3H]C.[3H]C.[3H]C.[C-]#[N+]C1=C[C@]2(C)C3=CC(=O)[C@@H]4[C@@H]5CC(C)(C)CC[C@]5(CO)CC[C@@]4(C)[C@]3(C)CC[C@H]2[C@H](C)C1=O.[C-]#[N+]C1=C[C@]2(C)C3=CC(=O)[C@@H]4[C@@H]5CC(C)(C)CC[C@]5(COC(=O)CN)CC[C@@]4(C)[C@]3(C)CC[C@H]2[C@H](C)C1=O.[C-]#[N+]C1=C[C@]2(C)C3=CC(=O)[C@@H]4[C@@H]5CC(C)(C)CC[C@]5(COC(=O)CNC(=O)OC(C)(C)C)CC[C@@]4(C)[C@]3(C)CC[C@H]2[C@H](C)C1=O. The third-order valence-corrected chi connectivity index (χ3v) is 37.3. The van der Waals surface area contributed by atoms with Crippen molar-refractivity contribution in [3.05, 3.63) is 105 Å². The number of alkyl carbamates (subject to hydrolysis) is 1. The van der Waals surface area contributed by atoms with Gasteiger partial charge in [-0.25, -0.2) is 19.3 Å². The Morgan fingerprint density at radius 1 is 0.458 bits per heavy atom. The number of carbonyl (C=O) groups is 9. The zero-order chi connectivity index (χ0) is 92.2. The van der Waals surface area contributed by atoms with Crippen LogP contribution in [0.5, 0.6) is 0 Å². The maximum atomic E-state index is 14.6. The summed E-state index contributed by atoms with van der Waals surface area (Å²) in [5.74, 6) is -0.975. The lowest BCUT2D eigenvalue weighted by atomic mass is 9.35. The number of allylic oxidation sites excluding steroid dienone is 12. The van der Waals surface area contributed by atoms with Crippen LogP contribution < -0.4 is 11.1 Å². The minimum absolute atomic E-state index is 0.0391. The first-order chi connectivity index (χ1) is 57.2. The van der Waals surface area contributed by atoms with E-state index in [1.807, 2.05) is 57.2 Å². The lowest BCUT2D eigenvalue weighted by Gasteiger charge is -2.68. The van der Waals surface area contributed by atoms with Gasteiger partial charge in [0.1, 0.15) is 12.1 Å². The molecule has 9 fully saturated rings. The van der Waals surface area contributed by atoms with Gasteiger partial charge in [-0.15, -0.1) is 0 Å². The van der Waals surface area contributed by atoms with Gasteiger partial charge in [-0.05, 0) is 263 Å². The Bertz CT molecular complexity index is 4580. The maximum Gasteiger partial charge on any atom is 0.408 e. The fourth-order valence-electron chi connectivity index (χ4n) is 29.8. The van der Waals surface area contributed by atoms with Crippen LogP contribution in [0.1, 0.15) is 307 Å². The van der Waals surface area contributed by atoms with Crippen molar-refractivity contribution < 1.29 is 66.6 Å². The number of hydrogen-bond acceptors (Lipinski definition) is 14. The lowest BCUT2D eigenvalue weighted by Crippen LogP contribution is -2.64. The van der Waals surface area contributed by atoms with E-state index in [0.29, 0.717) is 6.61 Å². The van der Waals surface area contributed by atoms with Crippen LogP contribution in [-0.2, 0) is 52.6 Å². The van der Waals surface area contributed by atoms with Crippen LogP contribution in [0.25, 0.3) is 14.5 Å². The van der Waals surface area contributed by atoms with Crippen LogP contribution in [0.3, 0.4) is 0 Å². The van der Waals surface area contributed by atoms with Crippen molar-refractivity contribution in [3.8, 4) is 0 Å². The number of Topliss-reactive ketones (excluding diaryl/α,β-unsaturated/α-hetero) is 3. The highest BCUT2D eigenvalue weighted by atomic mass is 16.6. The van der Waals surface area contributed by atoms with E-state index in [1.54, 1.807) is 20.8 Å². The average Bonchev–Trinajstić information content (AvgIpc) is 0.683. The number of aliphatic hydroxyl groups is 1. The van der Waals surface area contributed by atoms with Crippen molar-refractivity contribution in [2.24, 2.45) is 158 Å². The van der Waals surface area contributed by atoms with Crippen LogP contribution in [0.2, 0.25) is 0 Å². The second-order valence-corrected chi connectivity index (χ2v) is 45.8. The highest BCUT2D eigenvalue weighted by Crippen LogP contribution is 2.78. The first-order valence-electron chi connectivity index (χ1n) is 47.5. The molecule has 0 bridgehead atoms. The van der Waals surface area contributed by atoms with E-state index in [-0.39, 0.29) is 220 Å². The van der Waals surface area contributed by atoms with Gasteiger partial charge in [0.15, 0.2) is 34.7 Å². The van der Waals surface area contributed by atoms with Gasteiger partial charge in [0, 0.05) is 73.3 Å². The van der Waals surface area contributed by atoms with Crippen LogP contribution in [0.15, 0.2) is 70.3 Å². The Morgan fingerprint density at radius 2 is 0.742 bits per heavy atom. The molecule has 15 rings (SSSR count). The number of hydrogen-bond donors (Lipinski definition) is 3. The molecule has 0 aromatic heterocycles. The highest BCUT2D eigenvalue weighted by molar-refractivity contribution is 6.03. The minimum Gasteiger partial charge on any atom is -0.464 e. The number of carbonyl (C=O) groups excluding carboxylic acids is 9. The zero-order valence-electron chi connectivity index (χ0n) is 80.5. The van der Waals surface area contributed by atoms with E-state index >= 15 is 0 Å². The molecule has 15 aliphatic carbocycles. The number of nitrogens with two attached hydrogens (primary N) is 1. The van der Waals surface area contributed by atoms with E-state index in [1.165, 1.54) is 22.2 Å². The molecule has 0 saturated heterocycles. The minimum atomic E-state index is -0.667. The molecule has 9 saturated carbocycles.